The highest BCUT2D eigenvalue weighted by Gasteiger charge is 2.31. The molecule has 1 unspecified atom stereocenters. The number of amides is 2. The molecule has 1 atom stereocenters. The topological polar surface area (TPSA) is 70.4 Å². The highest BCUT2D eigenvalue weighted by Crippen LogP contribution is 2.32. The molecule has 0 radical (unpaired) electrons. The number of hydrogen-bond donors (Lipinski definition) is 2. The van der Waals surface area contributed by atoms with E-state index in [2.05, 4.69) is 42.5 Å². The first-order valence-electron chi connectivity index (χ1n) is 8.69. The third kappa shape index (κ3) is 4.20. The van der Waals surface area contributed by atoms with Gasteiger partial charge in [-0.05, 0) is 62.8 Å². The van der Waals surface area contributed by atoms with E-state index >= 15 is 0 Å². The second kappa shape index (κ2) is 6.88. The molecule has 0 spiro atoms. The Balaban J connectivity index is 1.70. The van der Waals surface area contributed by atoms with E-state index in [0.29, 0.717) is 18.3 Å². The van der Waals surface area contributed by atoms with E-state index in [1.54, 1.807) is 7.05 Å². The van der Waals surface area contributed by atoms with Crippen molar-refractivity contribution >= 4 is 11.8 Å². The minimum absolute atomic E-state index is 0.259. The van der Waals surface area contributed by atoms with E-state index in [9.17, 15) is 9.90 Å². The van der Waals surface area contributed by atoms with Crippen LogP contribution in [0.4, 0.5) is 10.6 Å². The zero-order valence-electron chi connectivity index (χ0n) is 15.3. The molecule has 2 N–H and O–H groups in total. The Morgan fingerprint density at radius 3 is 2.52 bits per heavy atom. The van der Waals surface area contributed by atoms with E-state index in [0.717, 1.165) is 24.2 Å². The van der Waals surface area contributed by atoms with Crippen molar-refractivity contribution in [3.63, 3.8) is 0 Å². The average molecular weight is 342 g/mol. The van der Waals surface area contributed by atoms with Crippen molar-refractivity contribution in [2.45, 2.75) is 39.7 Å². The standard InChI is InChI=1S/C19H26N4O2/c1-12-7-13(2)9-16(8-12)23-14(3)10-18(21-23)20-19(25)22(4)11-17(24)15-5-6-15/h7-10,15,17,24H,5-6,11H2,1-4H3,(H,20,21,25). The van der Waals surface area contributed by atoms with Crippen molar-refractivity contribution in [1.29, 1.82) is 0 Å². The molecule has 1 aliphatic rings. The van der Waals surface area contributed by atoms with Crippen LogP contribution in [0.25, 0.3) is 5.69 Å². The lowest BCUT2D eigenvalue weighted by Gasteiger charge is -2.20. The van der Waals surface area contributed by atoms with E-state index in [1.807, 2.05) is 17.7 Å². The van der Waals surface area contributed by atoms with Crippen molar-refractivity contribution in [3.8, 4) is 5.69 Å². The van der Waals surface area contributed by atoms with Gasteiger partial charge in [-0.2, -0.15) is 0 Å². The predicted octanol–water partition coefficient (Wildman–Crippen LogP) is 3.03. The van der Waals surface area contributed by atoms with Crippen LogP contribution in [0.3, 0.4) is 0 Å². The molecule has 1 aromatic heterocycles. The molecule has 0 aliphatic heterocycles. The largest absolute Gasteiger partial charge is 0.391 e. The van der Waals surface area contributed by atoms with Gasteiger partial charge in [0.1, 0.15) is 0 Å². The average Bonchev–Trinajstić information content (AvgIpc) is 3.30. The van der Waals surface area contributed by atoms with Crippen molar-refractivity contribution in [1.82, 2.24) is 14.7 Å². The summed E-state index contributed by atoms with van der Waals surface area (Å²) in [4.78, 5) is 13.8. The van der Waals surface area contributed by atoms with Gasteiger partial charge in [-0.15, -0.1) is 5.10 Å². The first-order valence-corrected chi connectivity index (χ1v) is 8.69. The molecule has 2 aromatic rings. The van der Waals surface area contributed by atoms with Gasteiger partial charge >= 0.3 is 6.03 Å². The van der Waals surface area contributed by atoms with Gasteiger partial charge in [0.2, 0.25) is 0 Å². The Hall–Kier alpha value is -2.34. The van der Waals surface area contributed by atoms with Crippen molar-refractivity contribution in [2.75, 3.05) is 18.9 Å². The number of urea groups is 1. The summed E-state index contributed by atoms with van der Waals surface area (Å²) >= 11 is 0. The van der Waals surface area contributed by atoms with Gasteiger partial charge in [-0.1, -0.05) is 6.07 Å². The monoisotopic (exact) mass is 342 g/mol. The maximum absolute atomic E-state index is 12.3. The van der Waals surface area contributed by atoms with Crippen LogP contribution >= 0.6 is 0 Å². The Labute approximate surface area is 148 Å². The lowest BCUT2D eigenvalue weighted by Crippen LogP contribution is -2.38. The zero-order valence-corrected chi connectivity index (χ0v) is 15.3. The third-order valence-corrected chi connectivity index (χ3v) is 4.55. The number of aryl methyl sites for hydroxylation is 3. The number of carbonyl (C=O) groups is 1. The zero-order chi connectivity index (χ0) is 18.1. The van der Waals surface area contributed by atoms with Crippen LogP contribution < -0.4 is 5.32 Å². The molecule has 6 heteroatoms. The number of hydrogen-bond acceptors (Lipinski definition) is 3. The quantitative estimate of drug-likeness (QED) is 0.877. The Morgan fingerprint density at radius 1 is 1.28 bits per heavy atom. The van der Waals surface area contributed by atoms with Crippen molar-refractivity contribution < 1.29 is 9.90 Å². The highest BCUT2D eigenvalue weighted by atomic mass is 16.3. The number of aliphatic hydroxyl groups is 1. The Kier molecular flexibility index (Phi) is 4.81. The van der Waals surface area contributed by atoms with Crippen LogP contribution in [-0.4, -0.2) is 45.5 Å². The van der Waals surface area contributed by atoms with Crippen molar-refractivity contribution in [2.24, 2.45) is 5.92 Å². The highest BCUT2D eigenvalue weighted by molar-refractivity contribution is 5.88. The molecular formula is C19H26N4O2. The van der Waals surface area contributed by atoms with Gasteiger partial charge in [-0.25, -0.2) is 9.48 Å². The van der Waals surface area contributed by atoms with E-state index in [-0.39, 0.29) is 6.03 Å². The molecule has 3 rings (SSSR count). The normalized spacial score (nSPS) is 15.1. The molecular weight excluding hydrogens is 316 g/mol. The molecule has 2 amide bonds. The van der Waals surface area contributed by atoms with E-state index in [4.69, 9.17) is 0 Å². The van der Waals surface area contributed by atoms with Crippen molar-refractivity contribution in [3.05, 3.63) is 41.1 Å². The first kappa shape index (κ1) is 17.5. The predicted molar refractivity (Wildman–Crippen MR) is 98.2 cm³/mol. The summed E-state index contributed by atoms with van der Waals surface area (Å²) < 4.78 is 1.83. The minimum Gasteiger partial charge on any atom is -0.391 e. The second-order valence-corrected chi connectivity index (χ2v) is 7.14. The van der Waals surface area contributed by atoms with Gasteiger partial charge in [0.25, 0.3) is 0 Å². The maximum Gasteiger partial charge on any atom is 0.322 e. The summed E-state index contributed by atoms with van der Waals surface area (Å²) in [5, 5.41) is 17.3. The molecule has 0 bridgehead atoms. The number of carbonyl (C=O) groups excluding carboxylic acids is 1. The lowest BCUT2D eigenvalue weighted by molar-refractivity contribution is 0.117. The van der Waals surface area contributed by atoms with Crippen LogP contribution in [0.5, 0.6) is 0 Å². The summed E-state index contributed by atoms with van der Waals surface area (Å²) in [6.07, 6.45) is 1.66. The fraction of sp³-hybridized carbons (Fsp3) is 0.474. The Morgan fingerprint density at radius 2 is 1.92 bits per heavy atom. The van der Waals surface area contributed by atoms with Crippen LogP contribution in [0.2, 0.25) is 0 Å². The van der Waals surface area contributed by atoms with Gasteiger partial charge < -0.3 is 10.0 Å². The summed E-state index contributed by atoms with van der Waals surface area (Å²) in [6.45, 7) is 6.41. The number of aromatic nitrogens is 2. The molecule has 25 heavy (non-hydrogen) atoms. The smallest absolute Gasteiger partial charge is 0.322 e. The van der Waals surface area contributed by atoms with Crippen LogP contribution in [-0.2, 0) is 0 Å². The van der Waals surface area contributed by atoms with Crippen LogP contribution in [0.15, 0.2) is 24.3 Å². The van der Waals surface area contributed by atoms with E-state index in [1.165, 1.54) is 16.0 Å². The Bertz CT molecular complexity index is 759. The van der Waals surface area contributed by atoms with Gasteiger partial charge in [0, 0.05) is 25.4 Å². The first-order chi connectivity index (χ1) is 11.8. The molecule has 0 saturated heterocycles. The van der Waals surface area contributed by atoms with E-state index < -0.39 is 6.10 Å². The fourth-order valence-corrected chi connectivity index (χ4v) is 3.07. The molecule has 1 fully saturated rings. The second-order valence-electron chi connectivity index (χ2n) is 7.14. The van der Waals surface area contributed by atoms with Gasteiger partial charge in [0.05, 0.1) is 11.8 Å². The molecule has 134 valence electrons. The third-order valence-electron chi connectivity index (χ3n) is 4.55. The van der Waals surface area contributed by atoms with Crippen LogP contribution in [0, 0.1) is 26.7 Å². The fourth-order valence-electron chi connectivity index (χ4n) is 3.07. The number of nitrogens with zero attached hydrogens (tertiary/aromatic N) is 3. The lowest BCUT2D eigenvalue weighted by atomic mass is 10.1. The number of aliphatic hydroxyl groups excluding tert-OH is 1. The van der Waals surface area contributed by atoms with Gasteiger partial charge in [-0.3, -0.25) is 5.32 Å². The number of anilines is 1. The summed E-state index contributed by atoms with van der Waals surface area (Å²) in [7, 11) is 1.69. The molecule has 6 nitrogen and oxygen atoms in total. The molecule has 1 heterocycles. The number of nitrogens with one attached hydrogen (secondary N) is 1. The minimum atomic E-state index is -0.440. The number of likely N-dealkylation sites (N-methyl/N-ethyl adjacent to an activating group) is 1. The summed E-state index contributed by atoms with van der Waals surface area (Å²) in [5.74, 6) is 0.857. The number of rotatable bonds is 5. The molecule has 1 saturated carbocycles. The number of benzene rings is 1. The maximum atomic E-state index is 12.3. The SMILES string of the molecule is Cc1cc(C)cc(-n2nc(NC(=O)N(C)CC(O)C3CC3)cc2C)c1. The summed E-state index contributed by atoms with van der Waals surface area (Å²) in [5.41, 5.74) is 4.27. The van der Waals surface area contributed by atoms with Crippen LogP contribution in [0.1, 0.15) is 29.7 Å². The summed E-state index contributed by atoms with van der Waals surface area (Å²) in [6, 6.07) is 7.84. The molecule has 1 aliphatic carbocycles. The van der Waals surface area contributed by atoms with Gasteiger partial charge in [0.15, 0.2) is 5.82 Å². The molecule has 1 aromatic carbocycles.